The summed E-state index contributed by atoms with van der Waals surface area (Å²) in [4.78, 5) is 6.66. The van der Waals surface area contributed by atoms with Crippen molar-refractivity contribution in [1.29, 1.82) is 0 Å². The van der Waals surface area contributed by atoms with Gasteiger partial charge in [0.05, 0.1) is 25.4 Å². The van der Waals surface area contributed by atoms with Crippen molar-refractivity contribution in [3.8, 4) is 0 Å². The van der Waals surface area contributed by atoms with Gasteiger partial charge in [-0.2, -0.15) is 5.10 Å². The lowest BCUT2D eigenvalue weighted by atomic mass is 10.2. The van der Waals surface area contributed by atoms with Crippen LogP contribution in [0.5, 0.6) is 0 Å². The molecule has 2 rings (SSSR count). The SMILES string of the molecule is CCn1ccnc1CN(C)Cc1c(C)nn(CCO)c1C. The molecule has 0 amide bonds. The van der Waals surface area contributed by atoms with Gasteiger partial charge in [0.1, 0.15) is 5.82 Å². The lowest BCUT2D eigenvalue weighted by Gasteiger charge is -2.17. The Morgan fingerprint density at radius 2 is 2.05 bits per heavy atom. The minimum atomic E-state index is 0.116. The largest absolute Gasteiger partial charge is 0.394 e. The van der Waals surface area contributed by atoms with Crippen molar-refractivity contribution < 1.29 is 5.11 Å². The fourth-order valence-corrected chi connectivity index (χ4v) is 2.62. The molecule has 0 fully saturated rings. The zero-order valence-corrected chi connectivity index (χ0v) is 13.4. The Hall–Kier alpha value is -1.66. The third kappa shape index (κ3) is 3.51. The first-order valence-corrected chi connectivity index (χ1v) is 7.39. The summed E-state index contributed by atoms with van der Waals surface area (Å²) < 4.78 is 4.04. The van der Waals surface area contributed by atoms with Crippen molar-refractivity contribution in [1.82, 2.24) is 24.2 Å². The fourth-order valence-electron chi connectivity index (χ4n) is 2.62. The van der Waals surface area contributed by atoms with E-state index >= 15 is 0 Å². The zero-order chi connectivity index (χ0) is 15.4. The summed E-state index contributed by atoms with van der Waals surface area (Å²) in [6.45, 7) is 9.46. The van der Waals surface area contributed by atoms with E-state index in [0.717, 1.165) is 36.8 Å². The van der Waals surface area contributed by atoms with Crippen molar-refractivity contribution in [3.05, 3.63) is 35.2 Å². The van der Waals surface area contributed by atoms with Crippen molar-refractivity contribution in [2.75, 3.05) is 13.7 Å². The van der Waals surface area contributed by atoms with E-state index in [-0.39, 0.29) is 6.61 Å². The Balaban J connectivity index is 2.07. The lowest BCUT2D eigenvalue weighted by Crippen LogP contribution is -2.20. The van der Waals surface area contributed by atoms with E-state index in [2.05, 4.69) is 40.4 Å². The molecule has 2 aromatic rings. The molecule has 0 radical (unpaired) electrons. The highest BCUT2D eigenvalue weighted by molar-refractivity contribution is 5.24. The molecular formula is C15H25N5O. The average Bonchev–Trinajstić information content (AvgIpc) is 2.99. The number of hydrogen-bond donors (Lipinski definition) is 1. The third-order valence-electron chi connectivity index (χ3n) is 3.82. The van der Waals surface area contributed by atoms with Gasteiger partial charge in [0.25, 0.3) is 0 Å². The molecule has 0 aliphatic rings. The van der Waals surface area contributed by atoms with E-state index in [0.29, 0.717) is 6.54 Å². The fraction of sp³-hybridized carbons (Fsp3) is 0.600. The maximum absolute atomic E-state index is 9.07. The first-order valence-electron chi connectivity index (χ1n) is 7.39. The second-order valence-electron chi connectivity index (χ2n) is 5.40. The highest BCUT2D eigenvalue weighted by atomic mass is 16.3. The average molecular weight is 291 g/mol. The summed E-state index contributed by atoms with van der Waals surface area (Å²) >= 11 is 0. The summed E-state index contributed by atoms with van der Waals surface area (Å²) in [5.41, 5.74) is 3.40. The molecule has 6 heteroatoms. The van der Waals surface area contributed by atoms with Gasteiger partial charge >= 0.3 is 0 Å². The van der Waals surface area contributed by atoms with Gasteiger partial charge in [-0.15, -0.1) is 0 Å². The van der Waals surface area contributed by atoms with Crippen LogP contribution in [-0.2, 0) is 26.2 Å². The van der Waals surface area contributed by atoms with Crippen molar-refractivity contribution in [2.24, 2.45) is 0 Å². The van der Waals surface area contributed by atoms with Crippen molar-refractivity contribution in [3.63, 3.8) is 0 Å². The molecule has 0 bridgehead atoms. The van der Waals surface area contributed by atoms with E-state index in [1.807, 2.05) is 24.0 Å². The van der Waals surface area contributed by atoms with Gasteiger partial charge in [-0.1, -0.05) is 0 Å². The molecular weight excluding hydrogens is 266 g/mol. The molecule has 2 aromatic heterocycles. The predicted octanol–water partition coefficient (Wildman–Crippen LogP) is 1.34. The molecule has 0 aliphatic carbocycles. The van der Waals surface area contributed by atoms with Crippen LogP contribution in [0.25, 0.3) is 0 Å². The number of nitrogens with zero attached hydrogens (tertiary/aromatic N) is 5. The summed E-state index contributed by atoms with van der Waals surface area (Å²) in [5.74, 6) is 1.08. The van der Waals surface area contributed by atoms with Gasteiger partial charge in [0, 0.05) is 36.7 Å². The standard InChI is InChI=1S/C15H25N5O/c1-5-19-7-6-16-15(19)11-18(4)10-14-12(2)17-20(8-9-21)13(14)3/h6-7,21H,5,8-11H2,1-4H3. The van der Waals surface area contributed by atoms with Crippen LogP contribution in [0, 0.1) is 13.8 Å². The number of aliphatic hydroxyl groups excluding tert-OH is 1. The smallest absolute Gasteiger partial charge is 0.122 e. The minimum absolute atomic E-state index is 0.116. The highest BCUT2D eigenvalue weighted by Gasteiger charge is 2.14. The quantitative estimate of drug-likeness (QED) is 0.836. The third-order valence-corrected chi connectivity index (χ3v) is 3.82. The second kappa shape index (κ2) is 6.87. The molecule has 21 heavy (non-hydrogen) atoms. The van der Waals surface area contributed by atoms with Crippen LogP contribution in [0.4, 0.5) is 0 Å². The Bertz CT molecular complexity index is 587. The molecule has 0 unspecified atom stereocenters. The molecule has 1 N–H and O–H groups in total. The molecule has 0 aliphatic heterocycles. The minimum Gasteiger partial charge on any atom is -0.394 e. The van der Waals surface area contributed by atoms with Gasteiger partial charge in [0.15, 0.2) is 0 Å². The molecule has 0 atom stereocenters. The van der Waals surface area contributed by atoms with Gasteiger partial charge in [-0.3, -0.25) is 9.58 Å². The van der Waals surface area contributed by atoms with Crippen LogP contribution in [-0.4, -0.2) is 43.0 Å². The van der Waals surface area contributed by atoms with Crippen LogP contribution < -0.4 is 0 Å². The Morgan fingerprint density at radius 3 is 2.71 bits per heavy atom. The number of aliphatic hydroxyl groups is 1. The van der Waals surface area contributed by atoms with Crippen LogP contribution in [0.1, 0.15) is 29.7 Å². The maximum atomic E-state index is 9.07. The van der Waals surface area contributed by atoms with Crippen molar-refractivity contribution >= 4 is 0 Å². The molecule has 6 nitrogen and oxygen atoms in total. The summed E-state index contributed by atoms with van der Waals surface area (Å²) in [6, 6.07) is 0. The van der Waals surface area contributed by atoms with E-state index in [4.69, 9.17) is 5.11 Å². The molecule has 0 spiro atoms. The van der Waals surface area contributed by atoms with Crippen LogP contribution in [0.15, 0.2) is 12.4 Å². The van der Waals surface area contributed by atoms with Gasteiger partial charge < -0.3 is 9.67 Å². The number of aryl methyl sites for hydroxylation is 2. The normalized spacial score (nSPS) is 11.5. The Labute approximate surface area is 126 Å². The van der Waals surface area contributed by atoms with Crippen LogP contribution in [0.2, 0.25) is 0 Å². The molecule has 116 valence electrons. The number of hydrogen-bond acceptors (Lipinski definition) is 4. The topological polar surface area (TPSA) is 59.1 Å². The molecule has 0 saturated carbocycles. The summed E-state index contributed by atoms with van der Waals surface area (Å²) in [5, 5.41) is 13.6. The van der Waals surface area contributed by atoms with Gasteiger partial charge in [0.2, 0.25) is 0 Å². The van der Waals surface area contributed by atoms with Gasteiger partial charge in [-0.25, -0.2) is 4.98 Å². The Morgan fingerprint density at radius 1 is 1.29 bits per heavy atom. The molecule has 0 saturated heterocycles. The second-order valence-corrected chi connectivity index (χ2v) is 5.40. The number of rotatable bonds is 7. The van der Waals surface area contributed by atoms with E-state index < -0.39 is 0 Å². The number of aromatic nitrogens is 4. The zero-order valence-electron chi connectivity index (χ0n) is 13.4. The lowest BCUT2D eigenvalue weighted by molar-refractivity contribution is 0.267. The number of imidazole rings is 1. The first-order chi connectivity index (χ1) is 10.1. The summed E-state index contributed by atoms with van der Waals surface area (Å²) in [7, 11) is 2.09. The summed E-state index contributed by atoms with van der Waals surface area (Å²) in [6.07, 6.45) is 3.86. The maximum Gasteiger partial charge on any atom is 0.122 e. The van der Waals surface area contributed by atoms with Crippen LogP contribution >= 0.6 is 0 Å². The molecule has 0 aromatic carbocycles. The molecule has 2 heterocycles. The predicted molar refractivity (Wildman–Crippen MR) is 81.9 cm³/mol. The Kier molecular flexibility index (Phi) is 5.14. The first kappa shape index (κ1) is 15.7. The monoisotopic (exact) mass is 291 g/mol. The van der Waals surface area contributed by atoms with E-state index in [9.17, 15) is 0 Å². The van der Waals surface area contributed by atoms with E-state index in [1.54, 1.807) is 0 Å². The highest BCUT2D eigenvalue weighted by Crippen LogP contribution is 2.16. The van der Waals surface area contributed by atoms with E-state index in [1.165, 1.54) is 5.56 Å². The van der Waals surface area contributed by atoms with Crippen molar-refractivity contribution in [2.45, 2.75) is 47.0 Å². The van der Waals surface area contributed by atoms with Gasteiger partial charge in [-0.05, 0) is 27.8 Å². The van der Waals surface area contributed by atoms with Crippen LogP contribution in [0.3, 0.4) is 0 Å².